The zero-order valence-corrected chi connectivity index (χ0v) is 14.8. The van der Waals surface area contributed by atoms with Gasteiger partial charge in [-0.05, 0) is 30.2 Å². The van der Waals surface area contributed by atoms with Crippen LogP contribution >= 0.6 is 11.3 Å². The second kappa shape index (κ2) is 6.57. The van der Waals surface area contributed by atoms with Gasteiger partial charge in [-0.3, -0.25) is 14.0 Å². The van der Waals surface area contributed by atoms with Gasteiger partial charge in [-0.2, -0.15) is 0 Å². The molecule has 0 aliphatic heterocycles. The Bertz CT molecular complexity index is 1160. The molecule has 0 atom stereocenters. The minimum Gasteiger partial charge on any atom is -0.322 e. The highest BCUT2D eigenvalue weighted by molar-refractivity contribution is 7.15. The molecule has 2 heterocycles. The summed E-state index contributed by atoms with van der Waals surface area (Å²) in [6.45, 7) is 1.94. The van der Waals surface area contributed by atoms with Crippen LogP contribution in [-0.4, -0.2) is 15.3 Å². The number of anilines is 1. The maximum atomic E-state index is 13.0. The Labute approximate surface area is 153 Å². The first kappa shape index (κ1) is 16.2. The molecule has 6 heteroatoms. The Balaban J connectivity index is 1.78. The van der Waals surface area contributed by atoms with Gasteiger partial charge in [0.1, 0.15) is 5.56 Å². The highest BCUT2D eigenvalue weighted by Gasteiger charge is 2.17. The predicted molar refractivity (Wildman–Crippen MR) is 104 cm³/mol. The van der Waals surface area contributed by atoms with Crippen LogP contribution in [0.25, 0.3) is 16.2 Å². The van der Waals surface area contributed by atoms with Crippen LogP contribution in [0.15, 0.2) is 71.0 Å². The summed E-state index contributed by atoms with van der Waals surface area (Å²) in [5.74, 6) is -0.465. The van der Waals surface area contributed by atoms with Gasteiger partial charge in [0, 0.05) is 17.3 Å². The first-order valence-corrected chi connectivity index (χ1v) is 8.94. The van der Waals surface area contributed by atoms with E-state index < -0.39 is 5.91 Å². The monoisotopic (exact) mass is 361 g/mol. The summed E-state index contributed by atoms with van der Waals surface area (Å²) in [6.07, 6.45) is 1.34. The average Bonchev–Trinajstić information content (AvgIpc) is 3.08. The Morgan fingerprint density at radius 1 is 1.12 bits per heavy atom. The fraction of sp³-hybridized carbons (Fsp3) is 0.0500. The summed E-state index contributed by atoms with van der Waals surface area (Å²) >= 11 is 1.37. The molecule has 4 rings (SSSR count). The van der Waals surface area contributed by atoms with Crippen LogP contribution in [-0.2, 0) is 0 Å². The molecule has 5 nitrogen and oxygen atoms in total. The third kappa shape index (κ3) is 2.91. The van der Waals surface area contributed by atoms with Crippen molar-refractivity contribution >= 4 is 27.9 Å². The van der Waals surface area contributed by atoms with Gasteiger partial charge >= 0.3 is 0 Å². The number of nitrogens with one attached hydrogen (secondary N) is 1. The van der Waals surface area contributed by atoms with E-state index in [1.807, 2.05) is 60.8 Å². The van der Waals surface area contributed by atoms with Gasteiger partial charge in [-0.1, -0.05) is 42.5 Å². The number of thiazole rings is 1. The van der Waals surface area contributed by atoms with Crippen LogP contribution in [0.3, 0.4) is 0 Å². The minimum absolute atomic E-state index is 0.0135. The van der Waals surface area contributed by atoms with Crippen LogP contribution in [0.4, 0.5) is 5.69 Å². The number of amides is 1. The molecule has 0 aliphatic carbocycles. The fourth-order valence-corrected chi connectivity index (χ4v) is 3.64. The van der Waals surface area contributed by atoms with Crippen molar-refractivity contribution in [2.24, 2.45) is 0 Å². The van der Waals surface area contributed by atoms with E-state index in [0.29, 0.717) is 10.6 Å². The molecule has 0 bridgehead atoms. The van der Waals surface area contributed by atoms with Crippen LogP contribution in [0.5, 0.6) is 0 Å². The quantitative estimate of drug-likeness (QED) is 0.600. The normalized spacial score (nSPS) is 10.8. The molecule has 0 saturated heterocycles. The molecule has 0 spiro atoms. The fourth-order valence-electron chi connectivity index (χ4n) is 2.78. The van der Waals surface area contributed by atoms with E-state index in [1.54, 1.807) is 6.07 Å². The molecule has 4 aromatic rings. The number of rotatable bonds is 3. The second-order valence-corrected chi connectivity index (χ2v) is 6.74. The van der Waals surface area contributed by atoms with Crippen molar-refractivity contribution < 1.29 is 4.79 Å². The van der Waals surface area contributed by atoms with E-state index in [0.717, 1.165) is 16.8 Å². The number of hydrogen-bond acceptors (Lipinski definition) is 4. The van der Waals surface area contributed by atoms with Crippen molar-refractivity contribution in [3.8, 4) is 11.3 Å². The topological polar surface area (TPSA) is 63.5 Å². The van der Waals surface area contributed by atoms with Gasteiger partial charge < -0.3 is 5.32 Å². The highest BCUT2D eigenvalue weighted by Crippen LogP contribution is 2.23. The lowest BCUT2D eigenvalue weighted by atomic mass is 10.2. The highest BCUT2D eigenvalue weighted by atomic mass is 32.1. The van der Waals surface area contributed by atoms with E-state index in [2.05, 4.69) is 10.3 Å². The number of carbonyl (C=O) groups excluding carboxylic acids is 1. The number of nitrogens with zero attached hydrogens (tertiary/aromatic N) is 2. The minimum atomic E-state index is -0.465. The predicted octanol–water partition coefficient (Wildman–Crippen LogP) is 3.98. The van der Waals surface area contributed by atoms with Crippen LogP contribution < -0.4 is 10.9 Å². The van der Waals surface area contributed by atoms with Crippen molar-refractivity contribution in [3.63, 3.8) is 0 Å². The van der Waals surface area contributed by atoms with Crippen molar-refractivity contribution in [2.75, 3.05) is 5.32 Å². The maximum Gasteiger partial charge on any atom is 0.271 e. The molecule has 2 aromatic carbocycles. The molecule has 0 aliphatic rings. The second-order valence-electron chi connectivity index (χ2n) is 5.91. The first-order chi connectivity index (χ1) is 12.6. The Morgan fingerprint density at radius 2 is 1.92 bits per heavy atom. The van der Waals surface area contributed by atoms with Crippen LogP contribution in [0.1, 0.15) is 15.9 Å². The molecular weight excluding hydrogens is 346 g/mol. The summed E-state index contributed by atoms with van der Waals surface area (Å²) < 4.78 is 1.49. The van der Waals surface area contributed by atoms with Gasteiger partial charge in [0.15, 0.2) is 4.96 Å². The molecule has 2 aromatic heterocycles. The number of fused-ring (bicyclic) bond motifs is 1. The number of benzene rings is 2. The first-order valence-electron chi connectivity index (χ1n) is 8.06. The summed E-state index contributed by atoms with van der Waals surface area (Å²) in [5, 5.41) is 4.64. The lowest BCUT2D eigenvalue weighted by Crippen LogP contribution is -2.26. The van der Waals surface area contributed by atoms with Gasteiger partial charge in [0.25, 0.3) is 11.5 Å². The lowest BCUT2D eigenvalue weighted by molar-refractivity contribution is 0.102. The molecular formula is C20H15N3O2S. The summed E-state index contributed by atoms with van der Waals surface area (Å²) in [5.41, 5.74) is 2.94. The maximum absolute atomic E-state index is 13.0. The molecule has 1 N–H and O–H groups in total. The molecule has 0 saturated carbocycles. The smallest absolute Gasteiger partial charge is 0.271 e. The van der Waals surface area contributed by atoms with Gasteiger partial charge in [-0.25, -0.2) is 4.98 Å². The third-order valence-electron chi connectivity index (χ3n) is 4.04. The van der Waals surface area contributed by atoms with E-state index in [1.165, 1.54) is 21.9 Å². The van der Waals surface area contributed by atoms with Crippen molar-refractivity contribution in [2.45, 2.75) is 6.92 Å². The van der Waals surface area contributed by atoms with E-state index >= 15 is 0 Å². The lowest BCUT2D eigenvalue weighted by Gasteiger charge is -2.07. The number of carbonyl (C=O) groups is 1. The van der Waals surface area contributed by atoms with Gasteiger partial charge in [0.05, 0.1) is 5.69 Å². The van der Waals surface area contributed by atoms with Crippen molar-refractivity contribution in [1.82, 2.24) is 9.38 Å². The summed E-state index contributed by atoms with van der Waals surface area (Å²) in [4.78, 5) is 30.4. The molecule has 0 radical (unpaired) electrons. The SMILES string of the molecule is Cc1cccc(NC(=O)c2cnc3scc(-c4ccccc4)n3c2=O)c1. The number of aryl methyl sites for hydroxylation is 1. The molecule has 26 heavy (non-hydrogen) atoms. The largest absolute Gasteiger partial charge is 0.322 e. The molecule has 128 valence electrons. The summed E-state index contributed by atoms with van der Waals surface area (Å²) in [7, 11) is 0. The van der Waals surface area contributed by atoms with E-state index in [9.17, 15) is 9.59 Å². The standard InChI is InChI=1S/C20H15N3O2S/c1-13-6-5-9-15(10-13)22-18(24)16-11-21-20-23(19(16)25)17(12-26-20)14-7-3-2-4-8-14/h2-12H,1H3,(H,22,24). The number of hydrogen-bond donors (Lipinski definition) is 1. The zero-order chi connectivity index (χ0) is 18.1. The van der Waals surface area contributed by atoms with Crippen LogP contribution in [0, 0.1) is 6.92 Å². The van der Waals surface area contributed by atoms with Gasteiger partial charge in [0.2, 0.25) is 0 Å². The van der Waals surface area contributed by atoms with Crippen molar-refractivity contribution in [3.05, 3.63) is 87.7 Å². The third-order valence-corrected chi connectivity index (χ3v) is 4.88. The van der Waals surface area contributed by atoms with E-state index in [-0.39, 0.29) is 11.1 Å². The average molecular weight is 361 g/mol. The molecule has 0 fully saturated rings. The zero-order valence-electron chi connectivity index (χ0n) is 14.0. The Kier molecular flexibility index (Phi) is 4.10. The number of aromatic nitrogens is 2. The van der Waals surface area contributed by atoms with E-state index in [4.69, 9.17) is 0 Å². The Morgan fingerprint density at radius 3 is 2.69 bits per heavy atom. The van der Waals surface area contributed by atoms with Crippen LogP contribution in [0.2, 0.25) is 0 Å². The summed E-state index contributed by atoms with van der Waals surface area (Å²) in [6, 6.07) is 17.0. The molecule has 1 amide bonds. The Hall–Kier alpha value is -3.25. The van der Waals surface area contributed by atoms with Crippen molar-refractivity contribution in [1.29, 1.82) is 0 Å². The molecule has 0 unspecified atom stereocenters. The van der Waals surface area contributed by atoms with Gasteiger partial charge in [-0.15, -0.1) is 11.3 Å².